The summed E-state index contributed by atoms with van der Waals surface area (Å²) in [7, 11) is 0. The van der Waals surface area contributed by atoms with Crippen molar-refractivity contribution in [2.24, 2.45) is 0 Å². The lowest BCUT2D eigenvalue weighted by molar-refractivity contribution is 0.102. The zero-order valence-corrected chi connectivity index (χ0v) is 11.7. The van der Waals surface area contributed by atoms with Gasteiger partial charge < -0.3 is 9.84 Å². The number of hydrogen-bond acceptors (Lipinski definition) is 4. The maximum Gasteiger partial charge on any atom is 0.257 e. The third-order valence-electron chi connectivity index (χ3n) is 3.00. The van der Waals surface area contributed by atoms with Crippen molar-refractivity contribution in [1.82, 2.24) is 10.1 Å². The summed E-state index contributed by atoms with van der Waals surface area (Å²) in [5.41, 5.74) is 1.58. The van der Waals surface area contributed by atoms with E-state index < -0.39 is 5.82 Å². The van der Waals surface area contributed by atoms with E-state index in [1.165, 1.54) is 18.2 Å². The molecule has 0 unspecified atom stereocenters. The summed E-state index contributed by atoms with van der Waals surface area (Å²) < 4.78 is 18.1. The summed E-state index contributed by atoms with van der Waals surface area (Å²) in [6.45, 7) is 1.73. The maximum atomic E-state index is 13.1. The maximum absolute atomic E-state index is 13.1. The lowest BCUT2D eigenvalue weighted by Crippen LogP contribution is -2.11. The number of rotatable bonds is 3. The van der Waals surface area contributed by atoms with Crippen LogP contribution >= 0.6 is 0 Å². The van der Waals surface area contributed by atoms with E-state index in [9.17, 15) is 9.18 Å². The highest BCUT2D eigenvalue weighted by atomic mass is 19.1. The first-order valence-electron chi connectivity index (χ1n) is 6.59. The Morgan fingerprint density at radius 2 is 1.95 bits per heavy atom. The fourth-order valence-corrected chi connectivity index (χ4v) is 1.95. The molecular weight excluding hydrogens is 285 g/mol. The molecule has 0 bridgehead atoms. The minimum Gasteiger partial charge on any atom is -0.334 e. The molecule has 0 saturated carbocycles. The molecule has 1 N–H and O–H groups in total. The molecule has 1 heterocycles. The average Bonchev–Trinajstić information content (AvgIpc) is 2.94. The van der Waals surface area contributed by atoms with Crippen LogP contribution in [0.1, 0.15) is 16.2 Å². The van der Waals surface area contributed by atoms with Crippen LogP contribution in [0, 0.1) is 12.7 Å². The summed E-state index contributed by atoms with van der Waals surface area (Å²) >= 11 is 0. The minimum absolute atomic E-state index is 0.321. The number of nitrogens with zero attached hydrogens (tertiary/aromatic N) is 2. The van der Waals surface area contributed by atoms with Gasteiger partial charge in [-0.2, -0.15) is 4.98 Å². The van der Waals surface area contributed by atoms with Crippen LogP contribution in [0.25, 0.3) is 11.5 Å². The van der Waals surface area contributed by atoms with Crippen molar-refractivity contribution in [2.45, 2.75) is 6.92 Å². The van der Waals surface area contributed by atoms with Gasteiger partial charge in [-0.3, -0.25) is 4.79 Å². The Labute approximate surface area is 125 Å². The molecule has 0 aliphatic rings. The molecule has 2 aromatic carbocycles. The number of nitrogens with one attached hydrogen (secondary N) is 1. The van der Waals surface area contributed by atoms with Gasteiger partial charge in [0, 0.05) is 16.8 Å². The van der Waals surface area contributed by atoms with Gasteiger partial charge in [0.25, 0.3) is 11.8 Å². The van der Waals surface area contributed by atoms with Crippen LogP contribution in [0.4, 0.5) is 10.1 Å². The van der Waals surface area contributed by atoms with Crippen molar-refractivity contribution < 1.29 is 13.7 Å². The number of aromatic nitrogens is 2. The standard InChI is InChI=1S/C16H12FN3O2/c1-10-18-16(22-20-10)12-7-5-11(6-8-12)15(21)19-14-4-2-3-13(17)9-14/h2-9H,1H3,(H,19,21). The van der Waals surface area contributed by atoms with Gasteiger partial charge in [0.05, 0.1) is 0 Å². The van der Waals surface area contributed by atoms with Crippen molar-refractivity contribution in [2.75, 3.05) is 5.32 Å². The van der Waals surface area contributed by atoms with Crippen LogP contribution in [-0.2, 0) is 0 Å². The molecule has 0 radical (unpaired) electrons. The van der Waals surface area contributed by atoms with Crippen LogP contribution in [0.3, 0.4) is 0 Å². The van der Waals surface area contributed by atoms with E-state index in [0.29, 0.717) is 23.0 Å². The van der Waals surface area contributed by atoms with Gasteiger partial charge in [0.1, 0.15) is 5.82 Å². The van der Waals surface area contributed by atoms with E-state index in [0.717, 1.165) is 5.56 Å². The van der Waals surface area contributed by atoms with Crippen LogP contribution < -0.4 is 5.32 Å². The molecule has 0 spiro atoms. The Bertz CT molecular complexity index is 812. The number of anilines is 1. The normalized spacial score (nSPS) is 10.5. The van der Waals surface area contributed by atoms with Crippen molar-refractivity contribution in [3.8, 4) is 11.5 Å². The Morgan fingerprint density at radius 3 is 2.59 bits per heavy atom. The number of benzene rings is 2. The first kappa shape index (κ1) is 13.9. The summed E-state index contributed by atoms with van der Waals surface area (Å²) in [5.74, 6) is 0.219. The van der Waals surface area contributed by atoms with Gasteiger partial charge in [-0.25, -0.2) is 4.39 Å². The number of carbonyl (C=O) groups excluding carboxylic acids is 1. The van der Waals surface area contributed by atoms with Crippen LogP contribution in [0.2, 0.25) is 0 Å². The predicted octanol–water partition coefficient (Wildman–Crippen LogP) is 3.44. The van der Waals surface area contributed by atoms with E-state index in [2.05, 4.69) is 15.5 Å². The van der Waals surface area contributed by atoms with Crippen molar-refractivity contribution in [3.05, 3.63) is 65.7 Å². The SMILES string of the molecule is Cc1noc(-c2ccc(C(=O)Nc3cccc(F)c3)cc2)n1. The van der Waals surface area contributed by atoms with Gasteiger partial charge in [-0.05, 0) is 49.4 Å². The van der Waals surface area contributed by atoms with Gasteiger partial charge in [0.15, 0.2) is 5.82 Å². The molecule has 3 aromatic rings. The van der Waals surface area contributed by atoms with E-state index in [4.69, 9.17) is 4.52 Å². The molecule has 0 aliphatic heterocycles. The van der Waals surface area contributed by atoms with Crippen molar-refractivity contribution >= 4 is 11.6 Å². The largest absolute Gasteiger partial charge is 0.334 e. The van der Waals surface area contributed by atoms with Gasteiger partial charge in [-0.1, -0.05) is 11.2 Å². The Kier molecular flexibility index (Phi) is 3.65. The highest BCUT2D eigenvalue weighted by molar-refractivity contribution is 6.04. The third-order valence-corrected chi connectivity index (χ3v) is 3.00. The van der Waals surface area contributed by atoms with E-state index in [-0.39, 0.29) is 5.91 Å². The van der Waals surface area contributed by atoms with E-state index >= 15 is 0 Å². The second kappa shape index (κ2) is 5.77. The fraction of sp³-hybridized carbons (Fsp3) is 0.0625. The quantitative estimate of drug-likeness (QED) is 0.804. The summed E-state index contributed by atoms with van der Waals surface area (Å²) in [6, 6.07) is 12.4. The third kappa shape index (κ3) is 3.01. The number of aryl methyl sites for hydroxylation is 1. The smallest absolute Gasteiger partial charge is 0.257 e. The molecule has 1 aromatic heterocycles. The highest BCUT2D eigenvalue weighted by Crippen LogP contribution is 2.18. The monoisotopic (exact) mass is 297 g/mol. The highest BCUT2D eigenvalue weighted by Gasteiger charge is 2.09. The van der Waals surface area contributed by atoms with Gasteiger partial charge >= 0.3 is 0 Å². The zero-order chi connectivity index (χ0) is 15.5. The number of amides is 1. The second-order valence-corrected chi connectivity index (χ2v) is 4.69. The second-order valence-electron chi connectivity index (χ2n) is 4.69. The van der Waals surface area contributed by atoms with Crippen LogP contribution in [-0.4, -0.2) is 16.0 Å². The summed E-state index contributed by atoms with van der Waals surface area (Å²) in [4.78, 5) is 16.2. The minimum atomic E-state index is -0.403. The molecule has 22 heavy (non-hydrogen) atoms. The van der Waals surface area contributed by atoms with Gasteiger partial charge in [0.2, 0.25) is 0 Å². The molecule has 0 saturated heterocycles. The van der Waals surface area contributed by atoms with E-state index in [1.54, 1.807) is 37.3 Å². The zero-order valence-electron chi connectivity index (χ0n) is 11.7. The number of carbonyl (C=O) groups is 1. The molecule has 0 aliphatic carbocycles. The Morgan fingerprint density at radius 1 is 1.18 bits per heavy atom. The molecule has 0 atom stereocenters. The summed E-state index contributed by atoms with van der Waals surface area (Å²) in [6.07, 6.45) is 0. The lowest BCUT2D eigenvalue weighted by atomic mass is 10.1. The lowest BCUT2D eigenvalue weighted by Gasteiger charge is -2.05. The molecule has 5 nitrogen and oxygen atoms in total. The molecule has 1 amide bonds. The molecular formula is C16H12FN3O2. The van der Waals surface area contributed by atoms with Crippen molar-refractivity contribution in [3.63, 3.8) is 0 Å². The van der Waals surface area contributed by atoms with Gasteiger partial charge in [-0.15, -0.1) is 0 Å². The fourth-order valence-electron chi connectivity index (χ4n) is 1.95. The molecule has 6 heteroatoms. The van der Waals surface area contributed by atoms with Crippen LogP contribution in [0.15, 0.2) is 53.1 Å². The first-order chi connectivity index (χ1) is 10.6. The Hall–Kier alpha value is -3.02. The molecule has 0 fully saturated rings. The Balaban J connectivity index is 1.76. The molecule has 3 rings (SSSR count). The van der Waals surface area contributed by atoms with E-state index in [1.807, 2.05) is 0 Å². The van der Waals surface area contributed by atoms with Crippen LogP contribution in [0.5, 0.6) is 0 Å². The number of halogens is 1. The molecule has 110 valence electrons. The van der Waals surface area contributed by atoms with Crippen molar-refractivity contribution in [1.29, 1.82) is 0 Å². The summed E-state index contributed by atoms with van der Waals surface area (Å²) in [5, 5.41) is 6.35. The number of hydrogen-bond donors (Lipinski definition) is 1. The average molecular weight is 297 g/mol. The first-order valence-corrected chi connectivity index (χ1v) is 6.59. The predicted molar refractivity (Wildman–Crippen MR) is 78.8 cm³/mol. The topological polar surface area (TPSA) is 68.0 Å².